The van der Waals surface area contributed by atoms with Crippen molar-refractivity contribution in [1.82, 2.24) is 25.5 Å². The summed E-state index contributed by atoms with van der Waals surface area (Å²) in [5.74, 6) is 1.78. The van der Waals surface area contributed by atoms with E-state index in [0.717, 1.165) is 23.2 Å². The summed E-state index contributed by atoms with van der Waals surface area (Å²) in [6.45, 7) is 5.69. The summed E-state index contributed by atoms with van der Waals surface area (Å²) in [6.07, 6.45) is 0. The first-order valence-electron chi connectivity index (χ1n) is 7.05. The molecule has 0 fully saturated rings. The molecule has 0 radical (unpaired) electrons. The maximum atomic E-state index is 5.48. The molecule has 0 saturated heterocycles. The van der Waals surface area contributed by atoms with Crippen molar-refractivity contribution in [1.29, 1.82) is 0 Å². The van der Waals surface area contributed by atoms with Crippen molar-refractivity contribution in [2.75, 3.05) is 18.9 Å². The third kappa shape index (κ3) is 4.44. The monoisotopic (exact) mass is 307 g/mol. The van der Waals surface area contributed by atoms with E-state index in [-0.39, 0.29) is 6.04 Å². The number of nitrogens with one attached hydrogen (secondary N) is 1. The number of thioether (sulfide) groups is 1. The van der Waals surface area contributed by atoms with Crippen molar-refractivity contribution >= 4 is 11.8 Å². The third-order valence-corrected chi connectivity index (χ3v) is 4.11. The number of hydrogen-bond acceptors (Lipinski definition) is 6. The molecule has 1 aromatic carbocycles. The molecule has 6 nitrogen and oxygen atoms in total. The highest BCUT2D eigenvalue weighted by molar-refractivity contribution is 7.99. The quantitative estimate of drug-likeness (QED) is 0.753. The second kappa shape index (κ2) is 7.99. The van der Waals surface area contributed by atoms with Gasteiger partial charge < -0.3 is 10.1 Å². The molecule has 21 heavy (non-hydrogen) atoms. The van der Waals surface area contributed by atoms with Gasteiger partial charge in [-0.3, -0.25) is 0 Å². The van der Waals surface area contributed by atoms with Crippen LogP contribution >= 0.6 is 11.8 Å². The summed E-state index contributed by atoms with van der Waals surface area (Å²) in [6, 6.07) is 8.49. The first kappa shape index (κ1) is 15.8. The van der Waals surface area contributed by atoms with Crippen molar-refractivity contribution in [3.05, 3.63) is 29.8 Å². The minimum absolute atomic E-state index is 0.257. The average molecular weight is 307 g/mol. The number of rotatable bonds is 8. The smallest absolute Gasteiger partial charge is 0.209 e. The van der Waals surface area contributed by atoms with Crippen LogP contribution in [0.15, 0.2) is 29.4 Å². The molecule has 0 aliphatic rings. The Bertz CT molecular complexity index is 543. The lowest BCUT2D eigenvalue weighted by Gasteiger charge is -2.18. The van der Waals surface area contributed by atoms with Crippen LogP contribution in [0.5, 0.6) is 5.75 Å². The van der Waals surface area contributed by atoms with Crippen LogP contribution in [-0.2, 0) is 7.05 Å². The number of aryl methyl sites for hydroxylation is 1. The highest BCUT2D eigenvalue weighted by Gasteiger charge is 2.13. The third-order valence-electron chi connectivity index (χ3n) is 3.00. The molecule has 1 N–H and O–H groups in total. The second-order valence-corrected chi connectivity index (χ2v) is 5.50. The molecule has 1 atom stereocenters. The molecular weight excluding hydrogens is 286 g/mol. The van der Waals surface area contributed by atoms with Gasteiger partial charge in [0.1, 0.15) is 5.75 Å². The Balaban J connectivity index is 2.02. The van der Waals surface area contributed by atoms with Gasteiger partial charge in [-0.1, -0.05) is 30.8 Å². The maximum absolute atomic E-state index is 5.48. The van der Waals surface area contributed by atoms with E-state index in [2.05, 4.69) is 39.9 Å². The molecule has 0 saturated carbocycles. The van der Waals surface area contributed by atoms with Gasteiger partial charge in [-0.2, -0.15) is 0 Å². The summed E-state index contributed by atoms with van der Waals surface area (Å²) in [5, 5.41) is 15.8. The highest BCUT2D eigenvalue weighted by Crippen LogP contribution is 2.24. The lowest BCUT2D eigenvalue weighted by molar-refractivity contribution is 0.340. The standard InChI is InChI=1S/C14H21N5OS/c1-4-15-13(10-21-14-16-17-18-19(14)3)11-6-8-12(9-7-11)20-5-2/h6-9,13,15H,4-5,10H2,1-3H3. The van der Waals surface area contributed by atoms with E-state index < -0.39 is 0 Å². The minimum Gasteiger partial charge on any atom is -0.494 e. The molecule has 1 unspecified atom stereocenters. The van der Waals surface area contributed by atoms with Crippen LogP contribution in [0, 0.1) is 0 Å². The van der Waals surface area contributed by atoms with Gasteiger partial charge in [0.2, 0.25) is 5.16 Å². The molecule has 114 valence electrons. The Morgan fingerprint density at radius 1 is 1.29 bits per heavy atom. The van der Waals surface area contributed by atoms with E-state index in [1.54, 1.807) is 16.4 Å². The van der Waals surface area contributed by atoms with Crippen LogP contribution in [0.4, 0.5) is 0 Å². The summed E-state index contributed by atoms with van der Waals surface area (Å²) in [7, 11) is 1.85. The van der Waals surface area contributed by atoms with Crippen molar-refractivity contribution < 1.29 is 4.74 Å². The Hall–Kier alpha value is -1.60. The number of ether oxygens (including phenoxy) is 1. The summed E-state index contributed by atoms with van der Waals surface area (Å²) < 4.78 is 7.17. The van der Waals surface area contributed by atoms with Crippen LogP contribution < -0.4 is 10.1 Å². The lowest BCUT2D eigenvalue weighted by atomic mass is 10.1. The first-order chi connectivity index (χ1) is 10.2. The van der Waals surface area contributed by atoms with E-state index in [1.165, 1.54) is 5.56 Å². The van der Waals surface area contributed by atoms with Crippen LogP contribution in [-0.4, -0.2) is 39.1 Å². The fourth-order valence-corrected chi connectivity index (χ4v) is 2.93. The largest absolute Gasteiger partial charge is 0.494 e. The predicted octanol–water partition coefficient (Wildman–Crippen LogP) is 2.05. The molecular formula is C14H21N5OS. The highest BCUT2D eigenvalue weighted by atomic mass is 32.2. The van der Waals surface area contributed by atoms with Gasteiger partial charge in [-0.25, -0.2) is 4.68 Å². The summed E-state index contributed by atoms with van der Waals surface area (Å²) in [4.78, 5) is 0. The molecule has 2 aromatic rings. The Morgan fingerprint density at radius 2 is 2.05 bits per heavy atom. The fourth-order valence-electron chi connectivity index (χ4n) is 1.98. The number of aromatic nitrogens is 4. The van der Waals surface area contributed by atoms with Crippen molar-refractivity contribution in [2.24, 2.45) is 7.05 Å². The fraction of sp³-hybridized carbons (Fsp3) is 0.500. The zero-order chi connectivity index (χ0) is 15.1. The Morgan fingerprint density at radius 3 is 2.62 bits per heavy atom. The summed E-state index contributed by atoms with van der Waals surface area (Å²) >= 11 is 1.64. The van der Waals surface area contributed by atoms with Crippen LogP contribution in [0.2, 0.25) is 0 Å². The topological polar surface area (TPSA) is 64.9 Å². The van der Waals surface area contributed by atoms with Crippen LogP contribution in [0.1, 0.15) is 25.5 Å². The Kier molecular flexibility index (Phi) is 6.01. The molecule has 1 aromatic heterocycles. The van der Waals surface area contributed by atoms with Crippen molar-refractivity contribution in [2.45, 2.75) is 25.0 Å². The van der Waals surface area contributed by atoms with Gasteiger partial charge in [-0.05, 0) is 41.6 Å². The number of benzene rings is 1. The van der Waals surface area contributed by atoms with E-state index >= 15 is 0 Å². The SMILES string of the molecule is CCNC(CSc1nnnn1C)c1ccc(OCC)cc1. The zero-order valence-corrected chi connectivity index (χ0v) is 13.4. The molecule has 0 bridgehead atoms. The van der Waals surface area contributed by atoms with E-state index in [4.69, 9.17) is 4.74 Å². The summed E-state index contributed by atoms with van der Waals surface area (Å²) in [5.41, 5.74) is 1.24. The van der Waals surface area contributed by atoms with Gasteiger partial charge in [0, 0.05) is 18.8 Å². The van der Waals surface area contributed by atoms with Gasteiger partial charge in [0.25, 0.3) is 0 Å². The number of tetrazole rings is 1. The first-order valence-corrected chi connectivity index (χ1v) is 8.04. The van der Waals surface area contributed by atoms with E-state index in [9.17, 15) is 0 Å². The van der Waals surface area contributed by atoms with E-state index in [0.29, 0.717) is 6.61 Å². The molecule has 0 spiro atoms. The molecule has 0 aliphatic carbocycles. The lowest BCUT2D eigenvalue weighted by Crippen LogP contribution is -2.23. The number of hydrogen-bond donors (Lipinski definition) is 1. The van der Waals surface area contributed by atoms with Crippen LogP contribution in [0.3, 0.4) is 0 Å². The van der Waals surface area contributed by atoms with Gasteiger partial charge in [-0.15, -0.1) is 5.10 Å². The molecule has 0 amide bonds. The molecule has 7 heteroatoms. The zero-order valence-electron chi connectivity index (χ0n) is 12.6. The minimum atomic E-state index is 0.257. The second-order valence-electron chi connectivity index (χ2n) is 4.51. The van der Waals surface area contributed by atoms with Crippen LogP contribution in [0.25, 0.3) is 0 Å². The number of nitrogens with zero attached hydrogens (tertiary/aromatic N) is 4. The normalized spacial score (nSPS) is 12.3. The van der Waals surface area contributed by atoms with Gasteiger partial charge in [0.15, 0.2) is 0 Å². The molecule has 0 aliphatic heterocycles. The average Bonchev–Trinajstić information content (AvgIpc) is 2.90. The molecule has 1 heterocycles. The Labute approximate surface area is 129 Å². The van der Waals surface area contributed by atoms with Crippen molar-refractivity contribution in [3.63, 3.8) is 0 Å². The van der Waals surface area contributed by atoms with Gasteiger partial charge >= 0.3 is 0 Å². The van der Waals surface area contributed by atoms with Crippen molar-refractivity contribution in [3.8, 4) is 5.75 Å². The maximum Gasteiger partial charge on any atom is 0.209 e. The molecule has 2 rings (SSSR count). The van der Waals surface area contributed by atoms with E-state index in [1.807, 2.05) is 26.1 Å². The predicted molar refractivity (Wildman–Crippen MR) is 83.6 cm³/mol. The van der Waals surface area contributed by atoms with Gasteiger partial charge in [0.05, 0.1) is 6.61 Å².